The first-order chi connectivity index (χ1) is 5.83. The summed E-state index contributed by atoms with van der Waals surface area (Å²) in [6, 6.07) is 7.42. The molecule has 0 amide bonds. The summed E-state index contributed by atoms with van der Waals surface area (Å²) in [7, 11) is 0. The largest absolute Gasteiger partial charge is 0.399 e. The molecule has 0 heterocycles. The molecule has 1 aromatic rings. The Hall–Kier alpha value is -1.22. The third-order valence-corrected chi connectivity index (χ3v) is 1.41. The molecule has 3 nitrogen and oxygen atoms in total. The van der Waals surface area contributed by atoms with Crippen LogP contribution in [0.4, 0.5) is 11.4 Å². The van der Waals surface area contributed by atoms with Crippen molar-refractivity contribution in [3.63, 3.8) is 0 Å². The summed E-state index contributed by atoms with van der Waals surface area (Å²) in [4.78, 5) is 5.12. The van der Waals surface area contributed by atoms with E-state index in [2.05, 4.69) is 12.4 Å². The molecule has 0 radical (unpaired) electrons. The predicted octanol–water partition coefficient (Wildman–Crippen LogP) is 2.02. The van der Waals surface area contributed by atoms with E-state index in [1.807, 2.05) is 24.3 Å². The van der Waals surface area contributed by atoms with Gasteiger partial charge in [0.15, 0.2) is 0 Å². The van der Waals surface area contributed by atoms with E-state index in [-0.39, 0.29) is 0 Å². The Kier molecular flexibility index (Phi) is 3.41. The fourth-order valence-electron chi connectivity index (χ4n) is 0.788. The molecule has 0 aliphatic rings. The third kappa shape index (κ3) is 2.80. The molecule has 12 heavy (non-hydrogen) atoms. The van der Waals surface area contributed by atoms with Crippen LogP contribution < -0.4 is 11.2 Å². The summed E-state index contributed by atoms with van der Waals surface area (Å²) in [6.07, 6.45) is 1.00. The van der Waals surface area contributed by atoms with Crippen molar-refractivity contribution in [1.82, 2.24) is 0 Å². The summed E-state index contributed by atoms with van der Waals surface area (Å²) in [5.74, 6) is 0. The SMILES string of the molecule is CCCONc1ccc(N)cc1. The van der Waals surface area contributed by atoms with Gasteiger partial charge in [0.1, 0.15) is 0 Å². The molecule has 66 valence electrons. The van der Waals surface area contributed by atoms with Crippen LogP contribution in [-0.4, -0.2) is 6.61 Å². The van der Waals surface area contributed by atoms with Crippen LogP contribution in [0.15, 0.2) is 24.3 Å². The maximum absolute atomic E-state index is 5.51. The van der Waals surface area contributed by atoms with Crippen molar-refractivity contribution in [2.75, 3.05) is 17.8 Å². The van der Waals surface area contributed by atoms with Gasteiger partial charge in [0.05, 0.1) is 12.3 Å². The molecular formula is C9H14N2O. The normalized spacial score (nSPS) is 9.75. The molecule has 3 heteroatoms. The molecule has 0 spiro atoms. The van der Waals surface area contributed by atoms with Gasteiger partial charge in [-0.1, -0.05) is 6.92 Å². The number of nitrogen functional groups attached to an aromatic ring is 1. The van der Waals surface area contributed by atoms with Gasteiger partial charge < -0.3 is 5.73 Å². The molecular weight excluding hydrogens is 152 g/mol. The second-order valence-electron chi connectivity index (χ2n) is 2.57. The number of anilines is 2. The van der Waals surface area contributed by atoms with Crippen molar-refractivity contribution in [3.8, 4) is 0 Å². The standard InChI is InChI=1S/C9H14N2O/c1-2-7-12-11-9-5-3-8(10)4-6-9/h3-6,11H,2,7,10H2,1H3. The van der Waals surface area contributed by atoms with E-state index in [1.54, 1.807) is 0 Å². The number of benzene rings is 1. The van der Waals surface area contributed by atoms with E-state index in [1.165, 1.54) is 0 Å². The Morgan fingerprint density at radius 3 is 2.58 bits per heavy atom. The van der Waals surface area contributed by atoms with Crippen molar-refractivity contribution in [2.24, 2.45) is 0 Å². The molecule has 3 N–H and O–H groups in total. The van der Waals surface area contributed by atoms with Crippen molar-refractivity contribution >= 4 is 11.4 Å². The lowest BCUT2D eigenvalue weighted by Gasteiger charge is -2.05. The van der Waals surface area contributed by atoms with Gasteiger partial charge in [-0.25, -0.2) is 0 Å². The zero-order valence-electron chi connectivity index (χ0n) is 7.21. The van der Waals surface area contributed by atoms with Crippen molar-refractivity contribution < 1.29 is 4.84 Å². The monoisotopic (exact) mass is 166 g/mol. The van der Waals surface area contributed by atoms with Crippen LogP contribution in [0.1, 0.15) is 13.3 Å². The molecule has 0 saturated heterocycles. The highest BCUT2D eigenvalue weighted by atomic mass is 16.6. The minimum absolute atomic E-state index is 0.713. The molecule has 1 aromatic carbocycles. The second kappa shape index (κ2) is 4.62. The van der Waals surface area contributed by atoms with Gasteiger partial charge in [-0.15, -0.1) is 0 Å². The summed E-state index contributed by atoms with van der Waals surface area (Å²) in [6.45, 7) is 2.77. The van der Waals surface area contributed by atoms with E-state index < -0.39 is 0 Å². The van der Waals surface area contributed by atoms with Crippen molar-refractivity contribution in [2.45, 2.75) is 13.3 Å². The number of nitrogens with one attached hydrogen (secondary N) is 1. The third-order valence-electron chi connectivity index (χ3n) is 1.41. The number of hydrogen-bond donors (Lipinski definition) is 2. The minimum atomic E-state index is 0.713. The van der Waals surface area contributed by atoms with Gasteiger partial charge in [0, 0.05) is 5.69 Å². The number of hydrogen-bond acceptors (Lipinski definition) is 3. The lowest BCUT2D eigenvalue weighted by Crippen LogP contribution is -2.01. The highest BCUT2D eigenvalue weighted by Crippen LogP contribution is 2.09. The summed E-state index contributed by atoms with van der Waals surface area (Å²) < 4.78 is 0. The maximum atomic E-state index is 5.51. The van der Waals surface area contributed by atoms with Crippen molar-refractivity contribution in [1.29, 1.82) is 0 Å². The molecule has 0 unspecified atom stereocenters. The van der Waals surface area contributed by atoms with E-state index in [0.29, 0.717) is 6.61 Å². The van der Waals surface area contributed by atoms with E-state index in [4.69, 9.17) is 10.6 Å². The Labute approximate surface area is 72.5 Å². The molecule has 0 aromatic heterocycles. The molecule has 0 aliphatic heterocycles. The zero-order chi connectivity index (χ0) is 8.81. The van der Waals surface area contributed by atoms with E-state index in [0.717, 1.165) is 17.8 Å². The summed E-state index contributed by atoms with van der Waals surface area (Å²) >= 11 is 0. The van der Waals surface area contributed by atoms with Crippen LogP contribution in [-0.2, 0) is 4.84 Å². The maximum Gasteiger partial charge on any atom is 0.0743 e. The first-order valence-corrected chi connectivity index (χ1v) is 4.06. The van der Waals surface area contributed by atoms with Gasteiger partial charge in [-0.3, -0.25) is 10.3 Å². The van der Waals surface area contributed by atoms with Crippen LogP contribution in [0.5, 0.6) is 0 Å². The van der Waals surface area contributed by atoms with Gasteiger partial charge in [0.2, 0.25) is 0 Å². The fourth-order valence-corrected chi connectivity index (χ4v) is 0.788. The van der Waals surface area contributed by atoms with Crippen molar-refractivity contribution in [3.05, 3.63) is 24.3 Å². The zero-order valence-corrected chi connectivity index (χ0v) is 7.21. The molecule has 0 bridgehead atoms. The Bertz CT molecular complexity index is 220. The minimum Gasteiger partial charge on any atom is -0.399 e. The molecule has 0 fully saturated rings. The quantitative estimate of drug-likeness (QED) is 0.408. The number of nitrogens with two attached hydrogens (primary N) is 1. The van der Waals surface area contributed by atoms with Crippen LogP contribution in [0.25, 0.3) is 0 Å². The first kappa shape index (κ1) is 8.87. The molecule has 0 saturated carbocycles. The van der Waals surface area contributed by atoms with Crippen LogP contribution in [0, 0.1) is 0 Å². The first-order valence-electron chi connectivity index (χ1n) is 4.06. The van der Waals surface area contributed by atoms with Gasteiger partial charge in [-0.2, -0.15) is 0 Å². The summed E-state index contributed by atoms with van der Waals surface area (Å²) in [5.41, 5.74) is 10.0. The smallest absolute Gasteiger partial charge is 0.0743 e. The van der Waals surface area contributed by atoms with Gasteiger partial charge in [-0.05, 0) is 30.7 Å². The fraction of sp³-hybridized carbons (Fsp3) is 0.333. The average Bonchev–Trinajstić information content (AvgIpc) is 2.09. The second-order valence-corrected chi connectivity index (χ2v) is 2.57. The molecule has 0 aliphatic carbocycles. The van der Waals surface area contributed by atoms with Gasteiger partial charge in [0.25, 0.3) is 0 Å². The van der Waals surface area contributed by atoms with Crippen LogP contribution >= 0.6 is 0 Å². The Morgan fingerprint density at radius 2 is 2.00 bits per heavy atom. The topological polar surface area (TPSA) is 47.3 Å². The van der Waals surface area contributed by atoms with E-state index >= 15 is 0 Å². The molecule has 1 rings (SSSR count). The summed E-state index contributed by atoms with van der Waals surface area (Å²) in [5, 5.41) is 0. The van der Waals surface area contributed by atoms with Crippen LogP contribution in [0.2, 0.25) is 0 Å². The van der Waals surface area contributed by atoms with Gasteiger partial charge >= 0.3 is 0 Å². The highest BCUT2D eigenvalue weighted by Gasteiger charge is 1.89. The lowest BCUT2D eigenvalue weighted by molar-refractivity contribution is 0.194. The number of rotatable bonds is 4. The predicted molar refractivity (Wildman–Crippen MR) is 50.7 cm³/mol. The Balaban J connectivity index is 2.37. The highest BCUT2D eigenvalue weighted by molar-refractivity contribution is 5.49. The lowest BCUT2D eigenvalue weighted by atomic mass is 10.3. The van der Waals surface area contributed by atoms with E-state index in [9.17, 15) is 0 Å². The molecule has 0 atom stereocenters. The average molecular weight is 166 g/mol. The Morgan fingerprint density at radius 1 is 1.33 bits per heavy atom. The van der Waals surface area contributed by atoms with Crippen LogP contribution in [0.3, 0.4) is 0 Å².